The van der Waals surface area contributed by atoms with Gasteiger partial charge in [0.2, 0.25) is 0 Å². The summed E-state index contributed by atoms with van der Waals surface area (Å²) in [6.45, 7) is 2.97. The number of hydrogen-bond acceptors (Lipinski definition) is 5. The molecule has 0 radical (unpaired) electrons. The van der Waals surface area contributed by atoms with E-state index in [0.717, 1.165) is 23.1 Å². The van der Waals surface area contributed by atoms with Crippen molar-refractivity contribution in [2.75, 3.05) is 20.3 Å². The van der Waals surface area contributed by atoms with Crippen molar-refractivity contribution in [1.82, 2.24) is 5.32 Å². The number of ether oxygens (including phenoxy) is 2. The largest absolute Gasteiger partial charge is 0.491 e. The third-order valence-corrected chi connectivity index (χ3v) is 4.88. The number of rotatable bonds is 10. The molecule has 1 unspecified atom stereocenters. The van der Waals surface area contributed by atoms with E-state index < -0.39 is 11.2 Å². The summed E-state index contributed by atoms with van der Waals surface area (Å²) in [7, 11) is 1.62. The van der Waals surface area contributed by atoms with Crippen molar-refractivity contribution >= 4 is 23.6 Å². The molecule has 0 bridgehead atoms. The zero-order chi connectivity index (χ0) is 19.6. The van der Waals surface area contributed by atoms with Gasteiger partial charge in [-0.05, 0) is 36.8 Å². The van der Waals surface area contributed by atoms with Crippen molar-refractivity contribution < 1.29 is 24.2 Å². The number of nitrogens with one attached hydrogen (secondary N) is 1. The van der Waals surface area contributed by atoms with Crippen molar-refractivity contribution in [3.8, 4) is 5.75 Å². The Labute approximate surface area is 162 Å². The second-order valence-corrected chi connectivity index (χ2v) is 7.15. The third-order valence-electron chi connectivity index (χ3n) is 3.72. The molecular formula is C20H23NO5S. The standard InChI is InChI=1S/C20H23NO5S/c1-14(20(23)24)27-18-6-4-3-5-17(18)19(22)21-13-15-7-9-16(10-8-15)26-12-11-25-2/h3-10,14H,11-13H2,1-2H3,(H,21,22)(H,23,24). The summed E-state index contributed by atoms with van der Waals surface area (Å²) in [4.78, 5) is 24.2. The second kappa shape index (κ2) is 10.6. The predicted octanol–water partition coefficient (Wildman–Crippen LogP) is 3.21. The van der Waals surface area contributed by atoms with Crippen molar-refractivity contribution in [3.05, 3.63) is 59.7 Å². The third kappa shape index (κ3) is 6.62. The topological polar surface area (TPSA) is 84.9 Å². The average Bonchev–Trinajstić information content (AvgIpc) is 2.67. The van der Waals surface area contributed by atoms with Crippen LogP contribution in [0.3, 0.4) is 0 Å². The molecule has 0 aliphatic rings. The molecule has 0 spiro atoms. The number of hydrogen-bond donors (Lipinski definition) is 2. The van der Waals surface area contributed by atoms with Crippen LogP contribution in [0.2, 0.25) is 0 Å². The molecule has 7 heteroatoms. The van der Waals surface area contributed by atoms with Gasteiger partial charge in [0.15, 0.2) is 0 Å². The van der Waals surface area contributed by atoms with Crippen LogP contribution in [0.4, 0.5) is 0 Å². The van der Waals surface area contributed by atoms with Gasteiger partial charge in [-0.1, -0.05) is 24.3 Å². The molecule has 144 valence electrons. The van der Waals surface area contributed by atoms with E-state index in [2.05, 4.69) is 5.32 Å². The Morgan fingerprint density at radius 2 is 1.81 bits per heavy atom. The monoisotopic (exact) mass is 389 g/mol. The van der Waals surface area contributed by atoms with Gasteiger partial charge in [0.05, 0.1) is 12.2 Å². The van der Waals surface area contributed by atoms with Crippen LogP contribution in [0, 0.1) is 0 Å². The minimum Gasteiger partial charge on any atom is -0.491 e. The summed E-state index contributed by atoms with van der Waals surface area (Å²) in [5.74, 6) is -0.411. The van der Waals surface area contributed by atoms with Crippen LogP contribution in [0.15, 0.2) is 53.4 Å². The van der Waals surface area contributed by atoms with E-state index in [1.54, 1.807) is 38.3 Å². The van der Waals surface area contributed by atoms with E-state index in [-0.39, 0.29) is 5.91 Å². The predicted molar refractivity (Wildman–Crippen MR) is 104 cm³/mol. The molecule has 2 N–H and O–H groups in total. The SMILES string of the molecule is COCCOc1ccc(CNC(=O)c2ccccc2SC(C)C(=O)O)cc1. The van der Waals surface area contributed by atoms with Gasteiger partial charge >= 0.3 is 5.97 Å². The van der Waals surface area contributed by atoms with Crippen LogP contribution in [0.25, 0.3) is 0 Å². The minimum absolute atomic E-state index is 0.240. The molecule has 0 aliphatic carbocycles. The first-order valence-electron chi connectivity index (χ1n) is 8.48. The number of carboxylic acids is 1. The quantitative estimate of drug-likeness (QED) is 0.479. The molecule has 2 rings (SSSR count). The second-order valence-electron chi connectivity index (χ2n) is 5.76. The Bertz CT molecular complexity index is 763. The summed E-state index contributed by atoms with van der Waals surface area (Å²) in [6, 6.07) is 14.5. The fourth-order valence-corrected chi connectivity index (χ4v) is 3.15. The Morgan fingerprint density at radius 3 is 2.48 bits per heavy atom. The molecule has 6 nitrogen and oxygen atoms in total. The van der Waals surface area contributed by atoms with E-state index in [0.29, 0.717) is 30.2 Å². The molecule has 0 heterocycles. The highest BCUT2D eigenvalue weighted by molar-refractivity contribution is 8.00. The number of carbonyl (C=O) groups excluding carboxylic acids is 1. The van der Waals surface area contributed by atoms with E-state index in [1.807, 2.05) is 24.3 Å². The highest BCUT2D eigenvalue weighted by atomic mass is 32.2. The molecule has 1 amide bonds. The number of aliphatic carboxylic acids is 1. The molecule has 1 atom stereocenters. The van der Waals surface area contributed by atoms with Gasteiger partial charge < -0.3 is 19.9 Å². The van der Waals surface area contributed by atoms with Crippen LogP contribution < -0.4 is 10.1 Å². The first kappa shape index (κ1) is 20.8. The fourth-order valence-electron chi connectivity index (χ4n) is 2.22. The summed E-state index contributed by atoms with van der Waals surface area (Å²) < 4.78 is 10.4. The molecule has 0 saturated heterocycles. The Morgan fingerprint density at radius 1 is 1.11 bits per heavy atom. The number of benzene rings is 2. The molecule has 0 aromatic heterocycles. The maximum Gasteiger partial charge on any atom is 0.316 e. The van der Waals surface area contributed by atoms with Gasteiger partial charge in [0, 0.05) is 18.6 Å². The van der Waals surface area contributed by atoms with Crippen molar-refractivity contribution in [1.29, 1.82) is 0 Å². The van der Waals surface area contributed by atoms with Gasteiger partial charge in [-0.3, -0.25) is 9.59 Å². The highest BCUT2D eigenvalue weighted by Gasteiger charge is 2.17. The van der Waals surface area contributed by atoms with Crippen molar-refractivity contribution in [3.63, 3.8) is 0 Å². The number of thioether (sulfide) groups is 1. The van der Waals surface area contributed by atoms with Crippen LogP contribution in [0.5, 0.6) is 5.75 Å². The van der Waals surface area contributed by atoms with Crippen molar-refractivity contribution in [2.24, 2.45) is 0 Å². The minimum atomic E-state index is -0.914. The first-order valence-corrected chi connectivity index (χ1v) is 9.36. The number of methoxy groups -OCH3 is 1. The lowest BCUT2D eigenvalue weighted by Gasteiger charge is -2.12. The normalized spacial score (nSPS) is 11.6. The van der Waals surface area contributed by atoms with Gasteiger partial charge in [-0.15, -0.1) is 11.8 Å². The Hall–Kier alpha value is -2.51. The van der Waals surface area contributed by atoms with Crippen LogP contribution in [-0.2, 0) is 16.1 Å². The molecular weight excluding hydrogens is 366 g/mol. The molecule has 0 fully saturated rings. The Balaban J connectivity index is 1.95. The maximum atomic E-state index is 12.5. The maximum absolute atomic E-state index is 12.5. The molecule has 0 saturated carbocycles. The molecule has 2 aromatic rings. The zero-order valence-electron chi connectivity index (χ0n) is 15.3. The molecule has 2 aromatic carbocycles. The average molecular weight is 389 g/mol. The lowest BCUT2D eigenvalue weighted by Crippen LogP contribution is -2.23. The fraction of sp³-hybridized carbons (Fsp3) is 0.300. The summed E-state index contributed by atoms with van der Waals surface area (Å²) in [5, 5.41) is 11.3. The lowest BCUT2D eigenvalue weighted by molar-refractivity contribution is -0.136. The molecule has 0 aliphatic heterocycles. The number of carboxylic acid groups (broad SMARTS) is 1. The summed E-state index contributed by atoms with van der Waals surface area (Å²) >= 11 is 1.15. The highest BCUT2D eigenvalue weighted by Crippen LogP contribution is 2.27. The lowest BCUT2D eigenvalue weighted by atomic mass is 10.2. The zero-order valence-corrected chi connectivity index (χ0v) is 16.1. The van der Waals surface area contributed by atoms with Crippen molar-refractivity contribution in [2.45, 2.75) is 23.6 Å². The summed E-state index contributed by atoms with van der Waals surface area (Å²) in [5.41, 5.74) is 1.40. The van der Waals surface area contributed by atoms with Gasteiger partial charge in [-0.25, -0.2) is 0 Å². The number of amides is 1. The van der Waals surface area contributed by atoms with Gasteiger partial charge in [-0.2, -0.15) is 0 Å². The molecule has 27 heavy (non-hydrogen) atoms. The van der Waals surface area contributed by atoms with E-state index >= 15 is 0 Å². The van der Waals surface area contributed by atoms with Crippen LogP contribution >= 0.6 is 11.8 Å². The van der Waals surface area contributed by atoms with E-state index in [1.165, 1.54) is 0 Å². The smallest absolute Gasteiger partial charge is 0.316 e. The van der Waals surface area contributed by atoms with E-state index in [9.17, 15) is 9.59 Å². The van der Waals surface area contributed by atoms with Gasteiger partial charge in [0.1, 0.15) is 17.6 Å². The van der Waals surface area contributed by atoms with Crippen LogP contribution in [-0.4, -0.2) is 42.6 Å². The summed E-state index contributed by atoms with van der Waals surface area (Å²) in [6.07, 6.45) is 0. The van der Waals surface area contributed by atoms with E-state index in [4.69, 9.17) is 14.6 Å². The van der Waals surface area contributed by atoms with Crippen LogP contribution in [0.1, 0.15) is 22.8 Å². The number of carbonyl (C=O) groups is 2. The Kier molecular flexibility index (Phi) is 8.16. The first-order chi connectivity index (χ1) is 13.0. The van der Waals surface area contributed by atoms with Gasteiger partial charge in [0.25, 0.3) is 5.91 Å².